The summed E-state index contributed by atoms with van der Waals surface area (Å²) < 4.78 is 0. The maximum Gasteiger partial charge on any atom is 0.306 e. The van der Waals surface area contributed by atoms with Crippen molar-refractivity contribution in [2.45, 2.75) is 31.7 Å². The van der Waals surface area contributed by atoms with Crippen molar-refractivity contribution < 1.29 is 9.90 Å². The predicted molar refractivity (Wildman–Crippen MR) is 91.5 cm³/mol. The molecule has 1 fully saturated rings. The van der Waals surface area contributed by atoms with Gasteiger partial charge in [0.2, 0.25) is 5.95 Å². The Labute approximate surface area is 141 Å². The minimum atomic E-state index is -0.689. The number of rotatable bonds is 3. The summed E-state index contributed by atoms with van der Waals surface area (Å²) in [5, 5.41) is 12.3. The van der Waals surface area contributed by atoms with E-state index < -0.39 is 5.97 Å². The van der Waals surface area contributed by atoms with Crippen LogP contribution in [0.4, 0.5) is 5.95 Å². The molecule has 1 saturated carbocycles. The number of benzene rings is 1. The largest absolute Gasteiger partial charge is 0.481 e. The van der Waals surface area contributed by atoms with Gasteiger partial charge in [-0.05, 0) is 37.8 Å². The summed E-state index contributed by atoms with van der Waals surface area (Å²) in [7, 11) is 0. The Morgan fingerprint density at radius 2 is 1.62 bits per heavy atom. The van der Waals surface area contributed by atoms with Crippen LogP contribution in [-0.2, 0) is 4.79 Å². The molecule has 1 aliphatic carbocycles. The second kappa shape index (κ2) is 7.60. The fraction of sp³-hybridized carbons (Fsp3) is 0.316. The molecule has 0 spiro atoms. The number of nitrogens with zero attached hydrogens (tertiary/aromatic N) is 2. The van der Waals surface area contributed by atoms with Crippen LogP contribution >= 0.6 is 0 Å². The van der Waals surface area contributed by atoms with E-state index in [1.54, 1.807) is 12.4 Å². The molecule has 3 rings (SSSR count). The third kappa shape index (κ3) is 4.32. The van der Waals surface area contributed by atoms with Crippen LogP contribution in [0.2, 0.25) is 0 Å². The van der Waals surface area contributed by atoms with Crippen molar-refractivity contribution in [1.29, 1.82) is 0 Å². The average molecular weight is 321 g/mol. The highest BCUT2D eigenvalue weighted by Gasteiger charge is 2.26. The summed E-state index contributed by atoms with van der Waals surface area (Å²) in [6.45, 7) is 0. The monoisotopic (exact) mass is 321 g/mol. The Kier molecular flexibility index (Phi) is 5.07. The zero-order valence-corrected chi connectivity index (χ0v) is 13.3. The molecule has 2 N–H and O–H groups in total. The highest BCUT2D eigenvalue weighted by molar-refractivity contribution is 5.70. The molecule has 24 heavy (non-hydrogen) atoms. The van der Waals surface area contributed by atoms with Gasteiger partial charge in [0.05, 0.1) is 11.5 Å². The number of carboxylic acid groups (broad SMARTS) is 1. The second-order valence-electron chi connectivity index (χ2n) is 5.94. The van der Waals surface area contributed by atoms with E-state index in [9.17, 15) is 4.79 Å². The van der Waals surface area contributed by atoms with Crippen molar-refractivity contribution in [3.63, 3.8) is 0 Å². The van der Waals surface area contributed by atoms with Crippen molar-refractivity contribution in [2.75, 3.05) is 5.32 Å². The third-order valence-corrected chi connectivity index (χ3v) is 4.19. The van der Waals surface area contributed by atoms with E-state index in [4.69, 9.17) is 5.11 Å². The van der Waals surface area contributed by atoms with Crippen LogP contribution < -0.4 is 5.32 Å². The minimum absolute atomic E-state index is 0.209. The minimum Gasteiger partial charge on any atom is -0.481 e. The van der Waals surface area contributed by atoms with Gasteiger partial charge in [-0.25, -0.2) is 9.97 Å². The van der Waals surface area contributed by atoms with E-state index >= 15 is 0 Å². The number of hydrogen-bond acceptors (Lipinski definition) is 4. The van der Waals surface area contributed by atoms with E-state index in [0.29, 0.717) is 18.8 Å². The molecule has 0 aliphatic heterocycles. The SMILES string of the molecule is O=C(O)C1CCC(Nc2ncc(C#Cc3ccccc3)cn2)CC1. The lowest BCUT2D eigenvalue weighted by Crippen LogP contribution is -2.29. The lowest BCUT2D eigenvalue weighted by Gasteiger charge is -2.26. The summed E-state index contributed by atoms with van der Waals surface area (Å²) in [5.41, 5.74) is 1.72. The molecule has 0 saturated heterocycles. The smallest absolute Gasteiger partial charge is 0.306 e. The average Bonchev–Trinajstić information content (AvgIpc) is 2.62. The molecule has 0 unspecified atom stereocenters. The molecule has 0 amide bonds. The molecule has 0 bridgehead atoms. The van der Waals surface area contributed by atoms with Gasteiger partial charge in [-0.15, -0.1) is 0 Å². The molecule has 5 nitrogen and oxygen atoms in total. The molecule has 5 heteroatoms. The van der Waals surface area contributed by atoms with Crippen molar-refractivity contribution in [3.8, 4) is 11.8 Å². The molecule has 1 aliphatic rings. The first-order chi connectivity index (χ1) is 11.7. The molecular formula is C19H19N3O2. The van der Waals surface area contributed by atoms with Crippen molar-refractivity contribution >= 4 is 11.9 Å². The Bertz CT molecular complexity index is 740. The first-order valence-corrected chi connectivity index (χ1v) is 8.09. The molecule has 0 atom stereocenters. The highest BCUT2D eigenvalue weighted by Crippen LogP contribution is 2.25. The van der Waals surface area contributed by atoms with Gasteiger partial charge < -0.3 is 10.4 Å². The standard InChI is InChI=1S/C19H19N3O2/c23-18(24)16-8-10-17(11-9-16)22-19-20-12-15(13-21-19)7-6-14-4-2-1-3-5-14/h1-5,12-13,16-17H,8-11H2,(H,23,24)(H,20,21,22). The molecule has 1 aromatic heterocycles. The third-order valence-electron chi connectivity index (χ3n) is 4.19. The predicted octanol–water partition coefficient (Wildman–Crippen LogP) is 2.93. The first kappa shape index (κ1) is 16.0. The summed E-state index contributed by atoms with van der Waals surface area (Å²) in [6.07, 6.45) is 6.47. The molecular weight excluding hydrogens is 302 g/mol. The quantitative estimate of drug-likeness (QED) is 0.850. The normalized spacial score (nSPS) is 19.8. The summed E-state index contributed by atoms with van der Waals surface area (Å²) in [5.74, 6) is 5.78. The summed E-state index contributed by atoms with van der Waals surface area (Å²) in [4.78, 5) is 19.6. The maximum absolute atomic E-state index is 11.0. The fourth-order valence-electron chi connectivity index (χ4n) is 2.80. The fourth-order valence-corrected chi connectivity index (χ4v) is 2.80. The lowest BCUT2D eigenvalue weighted by atomic mass is 9.86. The number of carboxylic acids is 1. The Balaban J connectivity index is 1.56. The van der Waals surface area contributed by atoms with Crippen molar-refractivity contribution in [2.24, 2.45) is 5.92 Å². The number of carbonyl (C=O) groups is 1. The van der Waals surface area contributed by atoms with E-state index in [-0.39, 0.29) is 12.0 Å². The molecule has 0 radical (unpaired) electrons. The number of anilines is 1. The van der Waals surface area contributed by atoms with E-state index in [1.807, 2.05) is 30.3 Å². The molecule has 2 aromatic rings. The van der Waals surface area contributed by atoms with Crippen LogP contribution in [-0.4, -0.2) is 27.1 Å². The lowest BCUT2D eigenvalue weighted by molar-refractivity contribution is -0.142. The van der Waals surface area contributed by atoms with Crippen LogP contribution in [0.15, 0.2) is 42.7 Å². The van der Waals surface area contributed by atoms with Crippen LogP contribution in [0.5, 0.6) is 0 Å². The molecule has 1 aromatic carbocycles. The van der Waals surface area contributed by atoms with E-state index in [0.717, 1.165) is 24.0 Å². The van der Waals surface area contributed by atoms with Crippen molar-refractivity contribution in [3.05, 3.63) is 53.9 Å². The van der Waals surface area contributed by atoms with Crippen LogP contribution in [0.1, 0.15) is 36.8 Å². The number of aromatic nitrogens is 2. The van der Waals surface area contributed by atoms with Gasteiger partial charge >= 0.3 is 5.97 Å². The first-order valence-electron chi connectivity index (χ1n) is 8.09. The van der Waals surface area contributed by atoms with E-state index in [1.165, 1.54) is 0 Å². The number of aliphatic carboxylic acids is 1. The Morgan fingerprint density at radius 1 is 1.00 bits per heavy atom. The molecule has 122 valence electrons. The zero-order valence-electron chi connectivity index (χ0n) is 13.3. The van der Waals surface area contributed by atoms with Gasteiger partial charge in [-0.2, -0.15) is 0 Å². The van der Waals surface area contributed by atoms with Gasteiger partial charge in [0.1, 0.15) is 0 Å². The van der Waals surface area contributed by atoms with Gasteiger partial charge in [-0.3, -0.25) is 4.79 Å². The zero-order chi connectivity index (χ0) is 16.8. The topological polar surface area (TPSA) is 75.1 Å². The number of nitrogens with one attached hydrogen (secondary N) is 1. The molecule has 1 heterocycles. The second-order valence-corrected chi connectivity index (χ2v) is 5.94. The Hall–Kier alpha value is -2.87. The van der Waals surface area contributed by atoms with Gasteiger partial charge in [0.25, 0.3) is 0 Å². The number of hydrogen-bond donors (Lipinski definition) is 2. The van der Waals surface area contributed by atoms with Crippen molar-refractivity contribution in [1.82, 2.24) is 9.97 Å². The van der Waals surface area contributed by atoms with Gasteiger partial charge in [0, 0.05) is 24.0 Å². The summed E-state index contributed by atoms with van der Waals surface area (Å²) >= 11 is 0. The van der Waals surface area contributed by atoms with Crippen LogP contribution in [0.25, 0.3) is 0 Å². The Morgan fingerprint density at radius 3 is 2.25 bits per heavy atom. The van der Waals surface area contributed by atoms with Crippen LogP contribution in [0, 0.1) is 17.8 Å². The van der Waals surface area contributed by atoms with Gasteiger partial charge in [-0.1, -0.05) is 30.0 Å². The van der Waals surface area contributed by atoms with Crippen LogP contribution in [0.3, 0.4) is 0 Å². The van der Waals surface area contributed by atoms with E-state index in [2.05, 4.69) is 27.1 Å². The summed E-state index contributed by atoms with van der Waals surface area (Å²) in [6, 6.07) is 10.0. The maximum atomic E-state index is 11.0. The highest BCUT2D eigenvalue weighted by atomic mass is 16.4. The van der Waals surface area contributed by atoms with Gasteiger partial charge in [0.15, 0.2) is 0 Å².